The van der Waals surface area contributed by atoms with E-state index >= 15 is 0 Å². The van der Waals surface area contributed by atoms with Gasteiger partial charge in [-0.3, -0.25) is 9.59 Å². The molecule has 2 heterocycles. The standard InChI is InChI=1S/C15H15N3O6/c1-8(15-17-9(2)18-24-15)23-13(19)6-16-14(20)10-3-4-11-12(5-10)22-7-21-11/h3-5,8H,6-7H2,1-2H3,(H,16,20)/t8-/m1/s1. The molecule has 9 heteroatoms. The molecule has 1 aliphatic heterocycles. The van der Waals surface area contributed by atoms with Crippen LogP contribution in [-0.2, 0) is 9.53 Å². The lowest BCUT2D eigenvalue weighted by molar-refractivity contribution is -0.148. The van der Waals surface area contributed by atoms with Gasteiger partial charge in [-0.1, -0.05) is 5.16 Å². The summed E-state index contributed by atoms with van der Waals surface area (Å²) in [6.45, 7) is 3.10. The summed E-state index contributed by atoms with van der Waals surface area (Å²) in [7, 11) is 0. The Morgan fingerprint density at radius 2 is 2.12 bits per heavy atom. The largest absolute Gasteiger partial charge is 0.454 e. The molecule has 0 spiro atoms. The van der Waals surface area contributed by atoms with Gasteiger partial charge in [0.2, 0.25) is 6.79 Å². The molecule has 0 fully saturated rings. The second kappa shape index (κ2) is 6.57. The van der Waals surface area contributed by atoms with E-state index in [9.17, 15) is 9.59 Å². The minimum absolute atomic E-state index is 0.125. The molecule has 0 unspecified atom stereocenters. The molecule has 3 rings (SSSR count). The molecule has 0 aliphatic carbocycles. The summed E-state index contributed by atoms with van der Waals surface area (Å²) in [5.41, 5.74) is 0.354. The van der Waals surface area contributed by atoms with Gasteiger partial charge < -0.3 is 24.1 Å². The maximum Gasteiger partial charge on any atom is 0.326 e. The van der Waals surface area contributed by atoms with Crippen LogP contribution >= 0.6 is 0 Å². The molecule has 0 saturated heterocycles. The average molecular weight is 333 g/mol. The van der Waals surface area contributed by atoms with Crippen LogP contribution in [0.25, 0.3) is 0 Å². The molecule has 0 bridgehead atoms. The zero-order valence-corrected chi connectivity index (χ0v) is 13.1. The summed E-state index contributed by atoms with van der Waals surface area (Å²) in [5.74, 6) is 0.672. The predicted octanol–water partition coefficient (Wildman–Crippen LogP) is 1.14. The van der Waals surface area contributed by atoms with Crippen molar-refractivity contribution in [3.8, 4) is 11.5 Å². The maximum atomic E-state index is 12.1. The molecule has 1 atom stereocenters. The Bertz CT molecular complexity index is 772. The summed E-state index contributed by atoms with van der Waals surface area (Å²) >= 11 is 0. The number of nitrogens with one attached hydrogen (secondary N) is 1. The number of ether oxygens (including phenoxy) is 3. The number of hydrogen-bond donors (Lipinski definition) is 1. The number of hydrogen-bond acceptors (Lipinski definition) is 8. The predicted molar refractivity (Wildman–Crippen MR) is 78.4 cm³/mol. The van der Waals surface area contributed by atoms with Gasteiger partial charge in [0, 0.05) is 5.56 Å². The highest BCUT2D eigenvalue weighted by Crippen LogP contribution is 2.32. The van der Waals surface area contributed by atoms with Crippen LogP contribution in [0.4, 0.5) is 0 Å². The number of aromatic nitrogens is 2. The highest BCUT2D eigenvalue weighted by Gasteiger charge is 2.19. The number of aryl methyl sites for hydroxylation is 1. The number of fused-ring (bicyclic) bond motifs is 1. The Morgan fingerprint density at radius 1 is 1.33 bits per heavy atom. The molecule has 0 saturated carbocycles. The normalized spacial score (nSPS) is 13.4. The van der Waals surface area contributed by atoms with Crippen molar-refractivity contribution in [1.29, 1.82) is 0 Å². The molecule has 1 aromatic heterocycles. The minimum Gasteiger partial charge on any atom is -0.454 e. The number of esters is 1. The van der Waals surface area contributed by atoms with Crippen molar-refractivity contribution < 1.29 is 28.3 Å². The molecule has 2 aromatic rings. The monoisotopic (exact) mass is 333 g/mol. The third-order valence-corrected chi connectivity index (χ3v) is 3.23. The van der Waals surface area contributed by atoms with Gasteiger partial charge in [-0.15, -0.1) is 0 Å². The summed E-state index contributed by atoms with van der Waals surface area (Å²) in [6, 6.07) is 4.76. The van der Waals surface area contributed by atoms with Crippen LogP contribution in [0.3, 0.4) is 0 Å². The van der Waals surface area contributed by atoms with E-state index in [1.54, 1.807) is 32.0 Å². The van der Waals surface area contributed by atoms with E-state index in [0.717, 1.165) is 0 Å². The number of carbonyl (C=O) groups excluding carboxylic acids is 2. The van der Waals surface area contributed by atoms with Crippen LogP contribution in [0.2, 0.25) is 0 Å². The highest BCUT2D eigenvalue weighted by atomic mass is 16.7. The van der Waals surface area contributed by atoms with E-state index in [-0.39, 0.29) is 19.2 Å². The maximum absolute atomic E-state index is 12.1. The Kier molecular flexibility index (Phi) is 4.32. The fourth-order valence-electron chi connectivity index (χ4n) is 2.06. The van der Waals surface area contributed by atoms with Crippen molar-refractivity contribution in [3.05, 3.63) is 35.5 Å². The van der Waals surface area contributed by atoms with Crippen molar-refractivity contribution in [2.45, 2.75) is 20.0 Å². The number of nitrogens with zero attached hydrogens (tertiary/aromatic N) is 2. The topological polar surface area (TPSA) is 113 Å². The van der Waals surface area contributed by atoms with Crippen LogP contribution in [0.5, 0.6) is 11.5 Å². The van der Waals surface area contributed by atoms with E-state index in [1.807, 2.05) is 0 Å². The molecule has 0 radical (unpaired) electrons. The number of benzene rings is 1. The second-order valence-electron chi connectivity index (χ2n) is 5.06. The van der Waals surface area contributed by atoms with Crippen molar-refractivity contribution in [3.63, 3.8) is 0 Å². The van der Waals surface area contributed by atoms with E-state index < -0.39 is 18.0 Å². The fraction of sp³-hybridized carbons (Fsp3) is 0.333. The van der Waals surface area contributed by atoms with Crippen molar-refractivity contribution in [2.24, 2.45) is 0 Å². The summed E-state index contributed by atoms with van der Waals surface area (Å²) in [5, 5.41) is 6.09. The van der Waals surface area contributed by atoms with E-state index in [4.69, 9.17) is 18.7 Å². The van der Waals surface area contributed by atoms with E-state index in [0.29, 0.717) is 22.9 Å². The van der Waals surface area contributed by atoms with Gasteiger partial charge in [-0.2, -0.15) is 4.98 Å². The number of carbonyl (C=O) groups is 2. The first-order chi connectivity index (χ1) is 11.5. The van der Waals surface area contributed by atoms with Gasteiger partial charge in [0.1, 0.15) is 6.54 Å². The zero-order chi connectivity index (χ0) is 17.1. The van der Waals surface area contributed by atoms with E-state index in [1.165, 1.54) is 0 Å². The fourth-order valence-corrected chi connectivity index (χ4v) is 2.06. The smallest absolute Gasteiger partial charge is 0.326 e. The van der Waals surface area contributed by atoms with Crippen LogP contribution in [0.1, 0.15) is 35.1 Å². The highest BCUT2D eigenvalue weighted by molar-refractivity contribution is 5.96. The molecule has 9 nitrogen and oxygen atoms in total. The Balaban J connectivity index is 1.51. The van der Waals surface area contributed by atoms with Gasteiger partial charge in [0.05, 0.1) is 0 Å². The lowest BCUT2D eigenvalue weighted by atomic mass is 10.2. The first-order valence-corrected chi connectivity index (χ1v) is 7.20. The zero-order valence-electron chi connectivity index (χ0n) is 13.1. The van der Waals surface area contributed by atoms with Gasteiger partial charge >= 0.3 is 5.97 Å². The molecular formula is C15H15N3O6. The number of amides is 1. The molecule has 24 heavy (non-hydrogen) atoms. The first-order valence-electron chi connectivity index (χ1n) is 7.20. The van der Waals surface area contributed by atoms with Gasteiger partial charge in [0.25, 0.3) is 11.8 Å². The Hall–Kier alpha value is -3.10. The lowest BCUT2D eigenvalue weighted by Crippen LogP contribution is -2.31. The molecule has 1 amide bonds. The van der Waals surface area contributed by atoms with Crippen LogP contribution < -0.4 is 14.8 Å². The molecule has 1 aliphatic rings. The minimum atomic E-state index is -0.693. The van der Waals surface area contributed by atoms with E-state index in [2.05, 4.69) is 15.5 Å². The van der Waals surface area contributed by atoms with Crippen molar-refractivity contribution in [2.75, 3.05) is 13.3 Å². The summed E-state index contributed by atoms with van der Waals surface area (Å²) in [4.78, 5) is 27.8. The first kappa shape index (κ1) is 15.8. The lowest BCUT2D eigenvalue weighted by Gasteiger charge is -2.10. The van der Waals surface area contributed by atoms with Crippen molar-refractivity contribution >= 4 is 11.9 Å². The number of rotatable bonds is 5. The SMILES string of the molecule is Cc1noc([C@@H](C)OC(=O)CNC(=O)c2ccc3c(c2)OCO3)n1. The van der Waals surface area contributed by atoms with Crippen LogP contribution in [0, 0.1) is 6.92 Å². The van der Waals surface area contributed by atoms with Crippen molar-refractivity contribution in [1.82, 2.24) is 15.5 Å². The molecular weight excluding hydrogens is 318 g/mol. The van der Waals surface area contributed by atoms with Crippen LogP contribution in [0.15, 0.2) is 22.7 Å². The molecule has 1 aromatic carbocycles. The quantitative estimate of drug-likeness (QED) is 0.811. The second-order valence-corrected chi connectivity index (χ2v) is 5.06. The van der Waals surface area contributed by atoms with Gasteiger partial charge in [-0.25, -0.2) is 0 Å². The summed E-state index contributed by atoms with van der Waals surface area (Å²) in [6.07, 6.45) is -0.693. The van der Waals surface area contributed by atoms with Gasteiger partial charge in [0.15, 0.2) is 23.4 Å². The summed E-state index contributed by atoms with van der Waals surface area (Å²) < 4.78 is 20.4. The van der Waals surface area contributed by atoms with Gasteiger partial charge in [-0.05, 0) is 32.0 Å². The third-order valence-electron chi connectivity index (χ3n) is 3.23. The molecule has 126 valence electrons. The average Bonchev–Trinajstić information content (AvgIpc) is 3.20. The molecule has 1 N–H and O–H groups in total. The Morgan fingerprint density at radius 3 is 2.88 bits per heavy atom. The Labute approximate surface area is 136 Å². The third kappa shape index (κ3) is 3.45. The van der Waals surface area contributed by atoms with Crippen LogP contribution in [-0.4, -0.2) is 35.4 Å².